The fourth-order valence-corrected chi connectivity index (χ4v) is 2.77. The Morgan fingerprint density at radius 1 is 1.25 bits per heavy atom. The first-order chi connectivity index (χ1) is 9.65. The van der Waals surface area contributed by atoms with Gasteiger partial charge in [-0.05, 0) is 22.4 Å². The summed E-state index contributed by atoms with van der Waals surface area (Å²) in [5, 5.41) is 12.6. The Bertz CT molecular complexity index is 441. The van der Waals surface area contributed by atoms with Gasteiger partial charge in [-0.3, -0.25) is 9.69 Å². The lowest BCUT2D eigenvalue weighted by Gasteiger charge is -2.34. The minimum atomic E-state index is -1.06. The Morgan fingerprint density at radius 2 is 2.00 bits per heavy atom. The van der Waals surface area contributed by atoms with Gasteiger partial charge in [0.2, 0.25) is 5.91 Å². The molecule has 0 spiro atoms. The van der Waals surface area contributed by atoms with E-state index in [2.05, 4.69) is 21.7 Å². The van der Waals surface area contributed by atoms with Crippen molar-refractivity contribution in [3.63, 3.8) is 0 Å². The summed E-state index contributed by atoms with van der Waals surface area (Å²) < 4.78 is 4.82. The number of ether oxygens (including phenoxy) is 1. The number of nitrogens with zero attached hydrogens (tertiary/aromatic N) is 2. The Balaban J connectivity index is 1.68. The van der Waals surface area contributed by atoms with E-state index >= 15 is 0 Å². The van der Waals surface area contributed by atoms with E-state index in [4.69, 9.17) is 9.84 Å². The Labute approximate surface area is 121 Å². The highest BCUT2D eigenvalue weighted by Gasteiger charge is 2.21. The van der Waals surface area contributed by atoms with Crippen LogP contribution in [0.4, 0.5) is 0 Å². The number of hydrogen-bond donors (Lipinski definition) is 1. The standard InChI is InChI=1S/C13H18N2O4S/c16-12(8-19-9-13(17)18)15-4-2-14(3-5-15)7-11-1-6-20-10-11/h1,6,10H,2-5,7-9H2,(H,17,18). The predicted octanol–water partition coefficient (Wildman–Crippen LogP) is 0.494. The zero-order valence-electron chi connectivity index (χ0n) is 11.2. The van der Waals surface area contributed by atoms with E-state index in [9.17, 15) is 9.59 Å². The van der Waals surface area contributed by atoms with Crippen LogP contribution < -0.4 is 0 Å². The van der Waals surface area contributed by atoms with E-state index in [1.165, 1.54) is 5.56 Å². The van der Waals surface area contributed by atoms with Crippen LogP contribution in [0.3, 0.4) is 0 Å². The summed E-state index contributed by atoms with van der Waals surface area (Å²) in [4.78, 5) is 26.1. The molecule has 1 aromatic rings. The van der Waals surface area contributed by atoms with E-state index in [-0.39, 0.29) is 12.5 Å². The highest BCUT2D eigenvalue weighted by Crippen LogP contribution is 2.11. The molecule has 0 radical (unpaired) electrons. The third-order valence-corrected chi connectivity index (χ3v) is 3.89. The van der Waals surface area contributed by atoms with E-state index in [0.29, 0.717) is 13.1 Å². The van der Waals surface area contributed by atoms with E-state index in [1.54, 1.807) is 16.2 Å². The highest BCUT2D eigenvalue weighted by atomic mass is 32.1. The number of aliphatic carboxylic acids is 1. The van der Waals surface area contributed by atoms with E-state index in [1.807, 2.05) is 0 Å². The van der Waals surface area contributed by atoms with Gasteiger partial charge in [-0.2, -0.15) is 11.3 Å². The summed E-state index contributed by atoms with van der Waals surface area (Å²) in [5.74, 6) is -1.19. The third-order valence-electron chi connectivity index (χ3n) is 3.16. The second kappa shape index (κ2) is 7.37. The van der Waals surface area contributed by atoms with Crippen LogP contribution in [0.25, 0.3) is 0 Å². The number of hydrogen-bond acceptors (Lipinski definition) is 5. The number of piperazine rings is 1. The van der Waals surface area contributed by atoms with Crippen molar-refractivity contribution in [1.82, 2.24) is 9.80 Å². The second-order valence-electron chi connectivity index (χ2n) is 4.68. The number of carbonyl (C=O) groups excluding carboxylic acids is 1. The van der Waals surface area contributed by atoms with Crippen molar-refractivity contribution in [2.45, 2.75) is 6.54 Å². The molecule has 7 heteroatoms. The highest BCUT2D eigenvalue weighted by molar-refractivity contribution is 7.07. The first-order valence-electron chi connectivity index (χ1n) is 6.46. The number of carboxylic acids is 1. The van der Waals surface area contributed by atoms with Crippen molar-refractivity contribution in [1.29, 1.82) is 0 Å². The molecule has 6 nitrogen and oxygen atoms in total. The Hall–Kier alpha value is -1.44. The summed E-state index contributed by atoms with van der Waals surface area (Å²) in [7, 11) is 0. The Kier molecular flexibility index (Phi) is 5.51. The fourth-order valence-electron chi connectivity index (χ4n) is 2.11. The van der Waals surface area contributed by atoms with Crippen LogP contribution in [0.1, 0.15) is 5.56 Å². The van der Waals surface area contributed by atoms with Gasteiger partial charge in [0, 0.05) is 32.7 Å². The normalized spacial score (nSPS) is 16.3. The van der Waals surface area contributed by atoms with Gasteiger partial charge in [0.25, 0.3) is 0 Å². The molecule has 0 unspecified atom stereocenters. The molecule has 0 aromatic carbocycles. The van der Waals surface area contributed by atoms with Crippen LogP contribution in [0.2, 0.25) is 0 Å². The zero-order chi connectivity index (χ0) is 14.4. The summed E-state index contributed by atoms with van der Waals surface area (Å²) in [6.07, 6.45) is 0. The van der Waals surface area contributed by atoms with Gasteiger partial charge in [-0.1, -0.05) is 0 Å². The molecule has 1 fully saturated rings. The maximum Gasteiger partial charge on any atom is 0.329 e. The predicted molar refractivity (Wildman–Crippen MR) is 74.6 cm³/mol. The molecule has 2 heterocycles. The summed E-state index contributed by atoms with van der Waals surface area (Å²) in [6.45, 7) is 3.33. The fraction of sp³-hybridized carbons (Fsp3) is 0.538. The van der Waals surface area contributed by atoms with Crippen molar-refractivity contribution in [3.05, 3.63) is 22.4 Å². The van der Waals surface area contributed by atoms with Gasteiger partial charge in [0.1, 0.15) is 13.2 Å². The monoisotopic (exact) mass is 298 g/mol. The number of rotatable bonds is 6. The quantitative estimate of drug-likeness (QED) is 0.828. The van der Waals surface area contributed by atoms with Gasteiger partial charge in [-0.25, -0.2) is 4.79 Å². The molecule has 0 atom stereocenters. The molecule has 0 aliphatic carbocycles. The van der Waals surface area contributed by atoms with Gasteiger partial charge < -0.3 is 14.7 Å². The average molecular weight is 298 g/mol. The smallest absolute Gasteiger partial charge is 0.329 e. The molecular weight excluding hydrogens is 280 g/mol. The molecule has 1 aliphatic heterocycles. The van der Waals surface area contributed by atoms with Crippen molar-refractivity contribution in [2.24, 2.45) is 0 Å². The SMILES string of the molecule is O=C(O)COCC(=O)N1CCN(Cc2ccsc2)CC1. The number of carbonyl (C=O) groups is 2. The topological polar surface area (TPSA) is 70.1 Å². The van der Waals surface area contributed by atoms with Crippen molar-refractivity contribution in [2.75, 3.05) is 39.4 Å². The lowest BCUT2D eigenvalue weighted by atomic mass is 10.2. The third kappa shape index (κ3) is 4.59. The maximum atomic E-state index is 11.8. The van der Waals surface area contributed by atoms with Crippen molar-refractivity contribution in [3.8, 4) is 0 Å². The Morgan fingerprint density at radius 3 is 2.60 bits per heavy atom. The molecule has 20 heavy (non-hydrogen) atoms. The van der Waals surface area contributed by atoms with Crippen LogP contribution in [0.5, 0.6) is 0 Å². The number of carboxylic acid groups (broad SMARTS) is 1. The molecule has 1 amide bonds. The minimum Gasteiger partial charge on any atom is -0.480 e. The van der Waals surface area contributed by atoms with E-state index < -0.39 is 12.6 Å². The van der Waals surface area contributed by atoms with Crippen molar-refractivity contribution < 1.29 is 19.4 Å². The molecule has 110 valence electrons. The lowest BCUT2D eigenvalue weighted by Crippen LogP contribution is -2.49. The van der Waals surface area contributed by atoms with Crippen LogP contribution >= 0.6 is 11.3 Å². The first kappa shape index (κ1) is 15.0. The number of amides is 1. The largest absolute Gasteiger partial charge is 0.480 e. The molecule has 2 rings (SSSR count). The van der Waals surface area contributed by atoms with E-state index in [0.717, 1.165) is 19.6 Å². The minimum absolute atomic E-state index is 0.138. The zero-order valence-corrected chi connectivity index (χ0v) is 12.0. The molecule has 0 bridgehead atoms. The van der Waals surface area contributed by atoms with Crippen LogP contribution in [0.15, 0.2) is 16.8 Å². The van der Waals surface area contributed by atoms with Crippen LogP contribution in [0, 0.1) is 0 Å². The van der Waals surface area contributed by atoms with Crippen LogP contribution in [-0.2, 0) is 20.9 Å². The van der Waals surface area contributed by atoms with Gasteiger partial charge >= 0.3 is 5.97 Å². The molecule has 0 saturated carbocycles. The van der Waals surface area contributed by atoms with Crippen molar-refractivity contribution >= 4 is 23.2 Å². The molecule has 1 saturated heterocycles. The molecule has 1 N–H and O–H groups in total. The second-order valence-corrected chi connectivity index (χ2v) is 5.46. The maximum absolute atomic E-state index is 11.8. The van der Waals surface area contributed by atoms with Gasteiger partial charge in [0.05, 0.1) is 0 Å². The lowest BCUT2D eigenvalue weighted by molar-refractivity contribution is -0.146. The van der Waals surface area contributed by atoms with Gasteiger partial charge in [0.15, 0.2) is 0 Å². The summed E-state index contributed by atoms with van der Waals surface area (Å²) in [5.41, 5.74) is 1.31. The molecular formula is C13H18N2O4S. The average Bonchev–Trinajstić information content (AvgIpc) is 2.92. The molecule has 1 aliphatic rings. The van der Waals surface area contributed by atoms with Crippen LogP contribution in [-0.4, -0.2) is 66.2 Å². The summed E-state index contributed by atoms with van der Waals surface area (Å²) >= 11 is 1.69. The summed E-state index contributed by atoms with van der Waals surface area (Å²) in [6, 6.07) is 2.11. The van der Waals surface area contributed by atoms with Gasteiger partial charge in [-0.15, -0.1) is 0 Å². The number of thiophene rings is 1. The molecule has 1 aromatic heterocycles. The first-order valence-corrected chi connectivity index (χ1v) is 7.40.